The number of likely N-dealkylation sites (tertiary alicyclic amines) is 1. The van der Waals surface area contributed by atoms with Crippen LogP contribution < -0.4 is 0 Å². The van der Waals surface area contributed by atoms with Crippen molar-refractivity contribution in [3.8, 4) is 0 Å². The summed E-state index contributed by atoms with van der Waals surface area (Å²) in [7, 11) is 0. The largest absolute Gasteiger partial charge is 0.487 e. The molecule has 1 heterocycles. The second-order valence-electron chi connectivity index (χ2n) is 2.70. The molecule has 1 amide bonds. The molecule has 12 heavy (non-hydrogen) atoms. The van der Waals surface area contributed by atoms with Crippen molar-refractivity contribution >= 4 is 17.5 Å². The summed E-state index contributed by atoms with van der Waals surface area (Å²) in [5.74, 6) is -1.15. The summed E-state index contributed by atoms with van der Waals surface area (Å²) in [5, 5.41) is 0. The Labute approximate surface area is 72.3 Å². The summed E-state index contributed by atoms with van der Waals surface area (Å²) in [6.45, 7) is -0.300. The maximum atomic E-state index is 12.0. The Morgan fingerprint density at radius 1 is 1.58 bits per heavy atom. The predicted molar refractivity (Wildman–Crippen MR) is 36.6 cm³/mol. The molecule has 1 rings (SSSR count). The van der Waals surface area contributed by atoms with E-state index in [0.29, 0.717) is 0 Å². The highest BCUT2D eigenvalue weighted by Crippen LogP contribution is 2.29. The lowest BCUT2D eigenvalue weighted by molar-refractivity contribution is -0.235. The number of halogens is 4. The third-order valence-electron chi connectivity index (χ3n) is 1.73. The second-order valence-corrected chi connectivity index (χ2v) is 3.01. The van der Waals surface area contributed by atoms with Gasteiger partial charge in [0.15, 0.2) is 0 Å². The van der Waals surface area contributed by atoms with Gasteiger partial charge in [-0.3, -0.25) is 9.69 Å². The van der Waals surface area contributed by atoms with E-state index in [4.69, 9.17) is 11.6 Å². The van der Waals surface area contributed by atoms with Gasteiger partial charge in [0.2, 0.25) is 5.91 Å². The van der Waals surface area contributed by atoms with Crippen LogP contribution in [0.2, 0.25) is 0 Å². The molecule has 1 unspecified atom stereocenters. The molecule has 6 heteroatoms. The summed E-state index contributed by atoms with van der Waals surface area (Å²) in [4.78, 5) is 10.7. The highest BCUT2D eigenvalue weighted by molar-refractivity contribution is 6.18. The number of hydrogen-bond donors (Lipinski definition) is 0. The highest BCUT2D eigenvalue weighted by atomic mass is 35.5. The first-order valence-corrected chi connectivity index (χ1v) is 3.91. The van der Waals surface area contributed by atoms with Crippen molar-refractivity contribution in [3.05, 3.63) is 0 Å². The van der Waals surface area contributed by atoms with Crippen LogP contribution >= 0.6 is 11.6 Å². The van der Waals surface area contributed by atoms with Gasteiger partial charge < -0.3 is 0 Å². The van der Waals surface area contributed by atoms with Crippen molar-refractivity contribution in [3.63, 3.8) is 0 Å². The fraction of sp³-hybridized carbons (Fsp3) is 0.833. The number of alkyl halides is 4. The molecule has 0 radical (unpaired) electrons. The van der Waals surface area contributed by atoms with Crippen molar-refractivity contribution in [2.75, 3.05) is 12.4 Å². The summed E-state index contributed by atoms with van der Waals surface area (Å²) in [6.07, 6.45) is -4.64. The van der Waals surface area contributed by atoms with Gasteiger partial charge in [-0.2, -0.15) is 0 Å². The van der Waals surface area contributed by atoms with E-state index >= 15 is 0 Å². The average Bonchev–Trinajstić information content (AvgIpc) is 2.29. The van der Waals surface area contributed by atoms with Gasteiger partial charge in [-0.15, -0.1) is 24.8 Å². The molecular weight excluding hydrogens is 195 g/mol. The zero-order valence-corrected chi connectivity index (χ0v) is 6.82. The normalized spacial score (nSPS) is 25.2. The SMILES string of the molecule is O=C1CC(CCl)CN1C(F)(F)F. The van der Waals surface area contributed by atoms with Crippen LogP contribution in [0.3, 0.4) is 0 Å². The van der Waals surface area contributed by atoms with Crippen LogP contribution in [-0.2, 0) is 4.79 Å². The lowest BCUT2D eigenvalue weighted by atomic mass is 10.2. The Morgan fingerprint density at radius 3 is 2.42 bits per heavy atom. The Balaban J connectivity index is 2.64. The van der Waals surface area contributed by atoms with E-state index < -0.39 is 12.2 Å². The minimum atomic E-state index is -4.54. The maximum absolute atomic E-state index is 12.0. The van der Waals surface area contributed by atoms with Gasteiger partial charge in [0.05, 0.1) is 0 Å². The molecule has 0 saturated carbocycles. The van der Waals surface area contributed by atoms with Gasteiger partial charge in [-0.25, -0.2) is 0 Å². The molecule has 1 saturated heterocycles. The number of hydrogen-bond acceptors (Lipinski definition) is 1. The molecule has 1 aliphatic heterocycles. The fourth-order valence-electron chi connectivity index (χ4n) is 1.13. The fourth-order valence-corrected chi connectivity index (χ4v) is 1.34. The molecule has 0 aliphatic carbocycles. The molecule has 70 valence electrons. The van der Waals surface area contributed by atoms with Crippen LogP contribution in [0.1, 0.15) is 6.42 Å². The van der Waals surface area contributed by atoms with E-state index in [9.17, 15) is 18.0 Å². The number of carbonyl (C=O) groups excluding carboxylic acids is 1. The first kappa shape index (κ1) is 9.64. The summed E-state index contributed by atoms with van der Waals surface area (Å²) < 4.78 is 35.9. The van der Waals surface area contributed by atoms with Crippen LogP contribution in [0.4, 0.5) is 13.2 Å². The summed E-state index contributed by atoms with van der Waals surface area (Å²) in [5.41, 5.74) is 0. The smallest absolute Gasteiger partial charge is 0.275 e. The van der Waals surface area contributed by atoms with Gasteiger partial charge in [0.1, 0.15) is 0 Å². The molecular formula is C6H7ClF3NO. The van der Waals surface area contributed by atoms with Crippen molar-refractivity contribution in [2.45, 2.75) is 12.7 Å². The third-order valence-corrected chi connectivity index (χ3v) is 2.17. The van der Waals surface area contributed by atoms with Gasteiger partial charge in [-0.1, -0.05) is 0 Å². The minimum absolute atomic E-state index is 0.0833. The molecule has 0 aromatic heterocycles. The topological polar surface area (TPSA) is 20.3 Å². The molecule has 0 aromatic carbocycles. The molecule has 2 nitrogen and oxygen atoms in total. The molecule has 0 spiro atoms. The lowest BCUT2D eigenvalue weighted by Crippen LogP contribution is -2.39. The van der Waals surface area contributed by atoms with Gasteiger partial charge in [0, 0.05) is 18.8 Å². The Morgan fingerprint density at radius 2 is 2.17 bits per heavy atom. The zero-order valence-electron chi connectivity index (χ0n) is 6.07. The maximum Gasteiger partial charge on any atom is 0.487 e. The monoisotopic (exact) mass is 201 g/mol. The summed E-state index contributed by atoms with van der Waals surface area (Å²) in [6, 6.07) is 0. The molecule has 1 fully saturated rings. The van der Waals surface area contributed by atoms with Crippen molar-refractivity contribution in [1.82, 2.24) is 4.90 Å². The average molecular weight is 202 g/mol. The van der Waals surface area contributed by atoms with Crippen LogP contribution in [0.25, 0.3) is 0 Å². The number of amides is 1. The Bertz CT molecular complexity index is 194. The van der Waals surface area contributed by atoms with Crippen molar-refractivity contribution < 1.29 is 18.0 Å². The van der Waals surface area contributed by atoms with E-state index in [1.807, 2.05) is 0 Å². The van der Waals surface area contributed by atoms with Crippen molar-refractivity contribution in [1.29, 1.82) is 0 Å². The molecule has 0 aromatic rings. The van der Waals surface area contributed by atoms with Crippen molar-refractivity contribution in [2.24, 2.45) is 5.92 Å². The van der Waals surface area contributed by atoms with Crippen LogP contribution in [0.15, 0.2) is 0 Å². The molecule has 1 atom stereocenters. The van der Waals surface area contributed by atoms with E-state index in [1.165, 1.54) is 0 Å². The number of nitrogens with zero attached hydrogens (tertiary/aromatic N) is 1. The van der Waals surface area contributed by atoms with E-state index in [-0.39, 0.29) is 29.7 Å². The Hall–Kier alpha value is -0.450. The second kappa shape index (κ2) is 3.12. The number of rotatable bonds is 1. The Kier molecular flexibility index (Phi) is 2.51. The number of carbonyl (C=O) groups is 1. The predicted octanol–water partition coefficient (Wildman–Crippen LogP) is 1.59. The highest BCUT2D eigenvalue weighted by Gasteiger charge is 2.46. The van der Waals surface area contributed by atoms with E-state index in [2.05, 4.69) is 0 Å². The lowest BCUT2D eigenvalue weighted by Gasteiger charge is -2.18. The van der Waals surface area contributed by atoms with Crippen LogP contribution in [0.5, 0.6) is 0 Å². The van der Waals surface area contributed by atoms with E-state index in [1.54, 1.807) is 0 Å². The standard InChI is InChI=1S/C6H7ClF3NO/c7-2-4-1-5(12)11(3-4)6(8,9)10/h4H,1-3H2. The molecule has 0 N–H and O–H groups in total. The minimum Gasteiger partial charge on any atom is -0.275 e. The first-order valence-electron chi connectivity index (χ1n) is 3.38. The van der Waals surface area contributed by atoms with E-state index in [0.717, 1.165) is 0 Å². The van der Waals surface area contributed by atoms with Gasteiger partial charge in [0.25, 0.3) is 0 Å². The van der Waals surface area contributed by atoms with Gasteiger partial charge >= 0.3 is 6.30 Å². The van der Waals surface area contributed by atoms with Gasteiger partial charge in [-0.05, 0) is 5.92 Å². The summed E-state index contributed by atoms with van der Waals surface area (Å²) >= 11 is 5.34. The van der Waals surface area contributed by atoms with Crippen LogP contribution in [-0.4, -0.2) is 29.5 Å². The molecule has 0 bridgehead atoms. The molecule has 1 aliphatic rings. The van der Waals surface area contributed by atoms with Crippen LogP contribution in [0, 0.1) is 5.92 Å². The third kappa shape index (κ3) is 1.83. The first-order chi connectivity index (χ1) is 5.45. The quantitative estimate of drug-likeness (QED) is 0.466. The zero-order chi connectivity index (χ0) is 9.35.